The van der Waals surface area contributed by atoms with Crippen molar-refractivity contribution in [2.24, 2.45) is 7.05 Å². The van der Waals surface area contributed by atoms with E-state index in [0.29, 0.717) is 30.4 Å². The second-order valence-electron chi connectivity index (χ2n) is 9.59. The lowest BCUT2D eigenvalue weighted by Crippen LogP contribution is -2.22. The molecule has 0 spiro atoms. The number of hydrogen-bond donors (Lipinski definition) is 1. The van der Waals surface area contributed by atoms with Gasteiger partial charge < -0.3 is 19.1 Å². The normalized spacial score (nSPS) is 11.8. The van der Waals surface area contributed by atoms with Gasteiger partial charge in [0.1, 0.15) is 23.9 Å². The summed E-state index contributed by atoms with van der Waals surface area (Å²) in [6, 6.07) is 9.91. The lowest BCUT2D eigenvalue weighted by atomic mass is 10.1. The molecule has 0 amide bonds. The van der Waals surface area contributed by atoms with Crippen LogP contribution in [-0.2, 0) is 18.5 Å². The summed E-state index contributed by atoms with van der Waals surface area (Å²) < 4.78 is 16.1. The maximum atomic E-state index is 11.5. The van der Waals surface area contributed by atoms with Crippen LogP contribution in [0, 0.1) is 6.92 Å². The van der Waals surface area contributed by atoms with E-state index in [4.69, 9.17) is 9.47 Å². The Labute approximate surface area is 199 Å². The van der Waals surface area contributed by atoms with Gasteiger partial charge in [-0.25, -0.2) is 9.78 Å². The van der Waals surface area contributed by atoms with Gasteiger partial charge in [0, 0.05) is 45.2 Å². The minimum absolute atomic E-state index is 0.215. The van der Waals surface area contributed by atoms with Crippen LogP contribution in [0.2, 0.25) is 25.7 Å². The molecular weight excluding hydrogens is 448 g/mol. The Morgan fingerprint density at radius 1 is 1.18 bits per heavy atom. The number of carbonyl (C=O) groups is 1. The molecule has 1 aromatic carbocycles. The summed E-state index contributed by atoms with van der Waals surface area (Å²) in [7, 11) is 0.678. The fraction of sp³-hybridized carbons (Fsp3) is 0.320. The van der Waals surface area contributed by atoms with E-state index in [2.05, 4.69) is 29.7 Å². The number of fused-ring (bicyclic) bond motifs is 1. The predicted octanol–water partition coefficient (Wildman–Crippen LogP) is 5.55. The van der Waals surface area contributed by atoms with Crippen LogP contribution in [0.4, 0.5) is 0 Å². The van der Waals surface area contributed by atoms with Gasteiger partial charge in [0.15, 0.2) is 0 Å². The van der Waals surface area contributed by atoms with Crippen molar-refractivity contribution in [3.8, 4) is 22.8 Å². The van der Waals surface area contributed by atoms with E-state index in [1.165, 1.54) is 0 Å². The monoisotopic (exact) mass is 478 g/mol. The molecule has 178 valence electrons. The van der Waals surface area contributed by atoms with Crippen LogP contribution < -0.4 is 4.74 Å². The Bertz CT molecular complexity index is 1340. The third-order valence-electron chi connectivity index (χ3n) is 5.71. The van der Waals surface area contributed by atoms with Gasteiger partial charge in [-0.3, -0.25) is 4.68 Å². The van der Waals surface area contributed by atoms with E-state index in [1.54, 1.807) is 42.1 Å². The van der Waals surface area contributed by atoms with Crippen molar-refractivity contribution < 1.29 is 19.4 Å². The predicted molar refractivity (Wildman–Crippen MR) is 134 cm³/mol. The number of ether oxygens (including phenoxy) is 2. The summed E-state index contributed by atoms with van der Waals surface area (Å²) in [4.78, 5) is 16.2. The minimum atomic E-state index is -1.20. The van der Waals surface area contributed by atoms with Crippen molar-refractivity contribution in [1.82, 2.24) is 19.3 Å². The van der Waals surface area contributed by atoms with Crippen LogP contribution in [0.1, 0.15) is 15.9 Å². The number of aryl methyl sites for hydroxylation is 1. The first kappa shape index (κ1) is 23.7. The van der Waals surface area contributed by atoms with Gasteiger partial charge >= 0.3 is 5.97 Å². The van der Waals surface area contributed by atoms with E-state index >= 15 is 0 Å². The molecule has 1 N–H and O–H groups in total. The van der Waals surface area contributed by atoms with Crippen molar-refractivity contribution in [1.29, 1.82) is 0 Å². The minimum Gasteiger partial charge on any atom is -0.478 e. The Kier molecular flexibility index (Phi) is 6.58. The van der Waals surface area contributed by atoms with E-state index < -0.39 is 14.0 Å². The quantitative estimate of drug-likeness (QED) is 0.251. The third kappa shape index (κ3) is 5.05. The Morgan fingerprint density at radius 3 is 2.65 bits per heavy atom. The summed E-state index contributed by atoms with van der Waals surface area (Å²) >= 11 is 0. The average molecular weight is 479 g/mol. The van der Waals surface area contributed by atoms with Crippen molar-refractivity contribution in [3.05, 3.63) is 60.0 Å². The molecule has 0 atom stereocenters. The van der Waals surface area contributed by atoms with Crippen LogP contribution in [0.15, 0.2) is 48.9 Å². The maximum absolute atomic E-state index is 11.5. The van der Waals surface area contributed by atoms with Gasteiger partial charge in [-0.1, -0.05) is 25.7 Å². The number of carboxylic acid groups (broad SMARTS) is 1. The Hall–Kier alpha value is -3.43. The number of aromatic nitrogens is 4. The molecule has 4 aromatic rings. The first-order valence-corrected chi connectivity index (χ1v) is 14.9. The smallest absolute Gasteiger partial charge is 0.336 e. The second kappa shape index (κ2) is 9.44. The van der Waals surface area contributed by atoms with Gasteiger partial charge in [-0.15, -0.1) is 0 Å². The number of aromatic carboxylic acids is 1. The highest BCUT2D eigenvalue weighted by molar-refractivity contribution is 6.76. The van der Waals surface area contributed by atoms with Crippen LogP contribution >= 0.6 is 0 Å². The summed E-state index contributed by atoms with van der Waals surface area (Å²) in [5.74, 6) is 0.111. The van der Waals surface area contributed by atoms with Crippen molar-refractivity contribution in [2.45, 2.75) is 39.3 Å². The number of nitrogens with zero attached hydrogens (tertiary/aromatic N) is 4. The molecule has 9 heteroatoms. The highest BCUT2D eigenvalue weighted by Crippen LogP contribution is 2.36. The molecule has 0 fully saturated rings. The van der Waals surface area contributed by atoms with Crippen LogP contribution in [0.5, 0.6) is 11.5 Å². The summed E-state index contributed by atoms with van der Waals surface area (Å²) in [5, 5.41) is 14.6. The molecule has 0 aliphatic rings. The number of carboxylic acids is 1. The Morgan fingerprint density at radius 2 is 1.97 bits per heavy atom. The molecule has 0 bridgehead atoms. The third-order valence-corrected chi connectivity index (χ3v) is 7.41. The molecule has 3 aromatic heterocycles. The first-order valence-electron chi connectivity index (χ1n) is 11.2. The lowest BCUT2D eigenvalue weighted by molar-refractivity contribution is 0.0695. The molecule has 3 heterocycles. The van der Waals surface area contributed by atoms with Crippen molar-refractivity contribution in [2.75, 3.05) is 6.61 Å². The summed E-state index contributed by atoms with van der Waals surface area (Å²) in [6.07, 6.45) is 5.46. The molecule has 0 saturated heterocycles. The lowest BCUT2D eigenvalue weighted by Gasteiger charge is -2.16. The Balaban J connectivity index is 1.74. The molecule has 0 radical (unpaired) electrons. The van der Waals surface area contributed by atoms with Crippen LogP contribution in [0.25, 0.3) is 22.3 Å². The zero-order chi connectivity index (χ0) is 24.5. The number of rotatable bonds is 9. The SMILES string of the molecule is Cc1c(Oc2ccnc3c2cc(-c2cnn(C)c2)n3COCC[Si](C)(C)C)cccc1C(=O)O. The van der Waals surface area contributed by atoms with Crippen LogP contribution in [0.3, 0.4) is 0 Å². The fourth-order valence-corrected chi connectivity index (χ4v) is 4.50. The number of pyridine rings is 1. The topological polar surface area (TPSA) is 91.4 Å². The van der Waals surface area contributed by atoms with Gasteiger partial charge in [-0.2, -0.15) is 5.10 Å². The molecule has 0 aliphatic carbocycles. The van der Waals surface area contributed by atoms with Gasteiger partial charge in [0.25, 0.3) is 0 Å². The van der Waals surface area contributed by atoms with Crippen molar-refractivity contribution >= 4 is 25.1 Å². The fourth-order valence-electron chi connectivity index (χ4n) is 3.75. The second-order valence-corrected chi connectivity index (χ2v) is 15.2. The van der Waals surface area contributed by atoms with E-state index in [-0.39, 0.29) is 5.56 Å². The molecule has 4 rings (SSSR count). The maximum Gasteiger partial charge on any atom is 0.336 e. The first-order chi connectivity index (χ1) is 16.1. The van der Waals surface area contributed by atoms with Gasteiger partial charge in [0.05, 0.1) is 22.8 Å². The highest BCUT2D eigenvalue weighted by Gasteiger charge is 2.19. The zero-order valence-corrected chi connectivity index (χ0v) is 21.2. The molecule has 34 heavy (non-hydrogen) atoms. The molecule has 0 saturated carbocycles. The summed E-state index contributed by atoms with van der Waals surface area (Å²) in [5.41, 5.74) is 3.39. The summed E-state index contributed by atoms with van der Waals surface area (Å²) in [6.45, 7) is 9.79. The molecular formula is C25H30N4O4Si. The highest BCUT2D eigenvalue weighted by atomic mass is 28.3. The molecule has 0 unspecified atom stereocenters. The van der Waals surface area contributed by atoms with Crippen molar-refractivity contribution in [3.63, 3.8) is 0 Å². The number of benzene rings is 1. The van der Waals surface area contributed by atoms with Gasteiger partial charge in [0.2, 0.25) is 0 Å². The standard InChI is InChI=1S/C25H30N4O4Si/c1-17-19(25(30)31)7-6-8-22(17)33-23-9-10-26-24-20(23)13-21(18-14-27-28(2)15-18)29(24)16-32-11-12-34(3,4)5/h6-10,13-15H,11-12,16H2,1-5H3,(H,30,31). The average Bonchev–Trinajstić information content (AvgIpc) is 3.36. The largest absolute Gasteiger partial charge is 0.478 e. The van der Waals surface area contributed by atoms with E-state index in [0.717, 1.165) is 28.3 Å². The number of hydrogen-bond acceptors (Lipinski definition) is 5. The molecule has 0 aliphatic heterocycles. The molecule has 8 nitrogen and oxygen atoms in total. The van der Waals surface area contributed by atoms with Crippen LogP contribution in [-0.4, -0.2) is 45.1 Å². The van der Waals surface area contributed by atoms with E-state index in [1.807, 2.05) is 30.1 Å². The zero-order valence-electron chi connectivity index (χ0n) is 20.2. The van der Waals surface area contributed by atoms with Gasteiger partial charge in [-0.05, 0) is 37.2 Å². The van der Waals surface area contributed by atoms with E-state index in [9.17, 15) is 9.90 Å².